The van der Waals surface area contributed by atoms with E-state index < -0.39 is 12.1 Å². The molecule has 2 unspecified atom stereocenters. The zero-order valence-electron chi connectivity index (χ0n) is 39.0. The number of ether oxygens (including phenoxy) is 1. The van der Waals surface area contributed by atoms with E-state index in [-0.39, 0.29) is 18.5 Å². The average Bonchev–Trinajstić information content (AvgIpc) is 3.22. The second-order valence-corrected chi connectivity index (χ2v) is 17.9. The summed E-state index contributed by atoms with van der Waals surface area (Å²) in [5, 5.41) is 23.1. The van der Waals surface area contributed by atoms with E-state index in [1.807, 2.05) is 0 Å². The third-order valence-electron chi connectivity index (χ3n) is 12.1. The Morgan fingerprint density at radius 3 is 1.22 bits per heavy atom. The quantitative estimate of drug-likeness (QED) is 0.0323. The van der Waals surface area contributed by atoms with Gasteiger partial charge >= 0.3 is 5.97 Å². The molecule has 0 fully saturated rings. The first-order valence-corrected chi connectivity index (χ1v) is 25.9. The maximum Gasteiger partial charge on any atom is 0.305 e. The molecule has 0 aromatic rings. The summed E-state index contributed by atoms with van der Waals surface area (Å²) in [6.07, 6.45) is 54.7. The SMILES string of the molecule is CCCCCCCCCCCCCCCCC(=O)OCCCCCCCC/C=C\CCCCCCCCCC(=O)NC(CO)C(O)CCCCCCCCCCCC. The molecule has 0 aliphatic carbocycles. The van der Waals surface area contributed by atoms with Gasteiger partial charge in [-0.05, 0) is 51.4 Å². The molecular formula is C52H101NO5. The van der Waals surface area contributed by atoms with Crippen molar-refractivity contribution < 1.29 is 24.5 Å². The highest BCUT2D eigenvalue weighted by molar-refractivity contribution is 5.76. The smallest absolute Gasteiger partial charge is 0.305 e. The third kappa shape index (κ3) is 44.2. The van der Waals surface area contributed by atoms with Crippen LogP contribution in [0, 0.1) is 0 Å². The van der Waals surface area contributed by atoms with Gasteiger partial charge < -0.3 is 20.3 Å². The molecule has 0 saturated carbocycles. The van der Waals surface area contributed by atoms with Crippen LogP contribution in [0.15, 0.2) is 12.2 Å². The number of aliphatic hydroxyl groups excluding tert-OH is 2. The van der Waals surface area contributed by atoms with Gasteiger partial charge in [-0.1, -0.05) is 231 Å². The molecule has 0 aliphatic heterocycles. The predicted octanol–water partition coefficient (Wildman–Crippen LogP) is 15.3. The first-order chi connectivity index (χ1) is 28.5. The second-order valence-electron chi connectivity index (χ2n) is 17.9. The van der Waals surface area contributed by atoms with E-state index in [9.17, 15) is 19.8 Å². The molecule has 0 aliphatic rings. The van der Waals surface area contributed by atoms with Gasteiger partial charge in [0.15, 0.2) is 0 Å². The van der Waals surface area contributed by atoms with E-state index >= 15 is 0 Å². The minimum Gasteiger partial charge on any atom is -0.466 e. The van der Waals surface area contributed by atoms with Crippen LogP contribution >= 0.6 is 0 Å². The Hall–Kier alpha value is -1.40. The molecule has 0 rings (SSSR count). The summed E-state index contributed by atoms with van der Waals surface area (Å²) >= 11 is 0. The number of allylic oxidation sites excluding steroid dienone is 2. The Bertz CT molecular complexity index is 863. The van der Waals surface area contributed by atoms with Gasteiger partial charge in [-0.2, -0.15) is 0 Å². The van der Waals surface area contributed by atoms with Crippen molar-refractivity contribution in [2.24, 2.45) is 0 Å². The number of esters is 1. The summed E-state index contributed by atoms with van der Waals surface area (Å²) in [7, 11) is 0. The van der Waals surface area contributed by atoms with Gasteiger partial charge in [0.05, 0.1) is 25.4 Å². The Balaban J connectivity index is 3.43. The summed E-state index contributed by atoms with van der Waals surface area (Å²) in [5.74, 6) is -0.0480. The summed E-state index contributed by atoms with van der Waals surface area (Å²) in [4.78, 5) is 24.4. The van der Waals surface area contributed by atoms with Crippen molar-refractivity contribution in [2.45, 2.75) is 296 Å². The van der Waals surface area contributed by atoms with Gasteiger partial charge in [0.1, 0.15) is 0 Å². The molecule has 0 aromatic carbocycles. The van der Waals surface area contributed by atoms with Crippen LogP contribution < -0.4 is 5.32 Å². The fourth-order valence-corrected chi connectivity index (χ4v) is 8.05. The lowest BCUT2D eigenvalue weighted by Crippen LogP contribution is -2.45. The molecule has 0 heterocycles. The zero-order valence-corrected chi connectivity index (χ0v) is 39.0. The molecule has 0 spiro atoms. The number of nitrogens with one attached hydrogen (secondary N) is 1. The molecule has 344 valence electrons. The van der Waals surface area contributed by atoms with Crippen LogP contribution in [0.25, 0.3) is 0 Å². The molecule has 0 saturated heterocycles. The van der Waals surface area contributed by atoms with Crippen molar-refractivity contribution in [1.29, 1.82) is 0 Å². The highest BCUT2D eigenvalue weighted by atomic mass is 16.5. The molecule has 58 heavy (non-hydrogen) atoms. The molecule has 3 N–H and O–H groups in total. The summed E-state index contributed by atoms with van der Waals surface area (Å²) < 4.78 is 5.46. The van der Waals surface area contributed by atoms with Gasteiger partial charge in [-0.3, -0.25) is 9.59 Å². The van der Waals surface area contributed by atoms with Crippen molar-refractivity contribution in [3.63, 3.8) is 0 Å². The van der Waals surface area contributed by atoms with Crippen LogP contribution in [-0.4, -0.2) is 47.4 Å². The summed E-state index contributed by atoms with van der Waals surface area (Å²) in [6.45, 7) is 4.92. The zero-order chi connectivity index (χ0) is 42.3. The number of carbonyl (C=O) groups is 2. The van der Waals surface area contributed by atoms with Gasteiger partial charge in [0, 0.05) is 12.8 Å². The average molecular weight is 820 g/mol. The van der Waals surface area contributed by atoms with Crippen LogP contribution in [0.3, 0.4) is 0 Å². The summed E-state index contributed by atoms with van der Waals surface area (Å²) in [6, 6.07) is -0.547. The minimum atomic E-state index is -0.669. The fourth-order valence-electron chi connectivity index (χ4n) is 8.05. The third-order valence-corrected chi connectivity index (χ3v) is 12.1. The number of hydrogen-bond acceptors (Lipinski definition) is 5. The molecule has 0 bridgehead atoms. The lowest BCUT2D eigenvalue weighted by molar-refractivity contribution is -0.143. The van der Waals surface area contributed by atoms with Crippen molar-refractivity contribution >= 4 is 11.9 Å². The van der Waals surface area contributed by atoms with Gasteiger partial charge in [0.25, 0.3) is 0 Å². The van der Waals surface area contributed by atoms with E-state index in [2.05, 4.69) is 31.3 Å². The van der Waals surface area contributed by atoms with Crippen LogP contribution in [0.2, 0.25) is 0 Å². The van der Waals surface area contributed by atoms with E-state index in [1.54, 1.807) is 0 Å². The van der Waals surface area contributed by atoms with E-state index in [0.29, 0.717) is 25.9 Å². The predicted molar refractivity (Wildman–Crippen MR) is 250 cm³/mol. The molecule has 1 amide bonds. The van der Waals surface area contributed by atoms with Crippen molar-refractivity contribution in [3.05, 3.63) is 12.2 Å². The fraction of sp³-hybridized carbons (Fsp3) is 0.923. The number of rotatable bonds is 48. The molecule has 0 aromatic heterocycles. The topological polar surface area (TPSA) is 95.9 Å². The standard InChI is InChI=1S/C52H101NO5/c1-3-5-7-9-11-13-15-16-23-26-30-34-38-42-46-52(57)58-47-43-39-35-31-27-24-21-19-17-18-20-22-25-29-33-37-41-45-51(56)53-49(48-54)50(55)44-40-36-32-28-14-12-10-8-6-4-2/h17,19,49-50,54-55H,3-16,18,20-48H2,1-2H3,(H,53,56)/b19-17-. The lowest BCUT2D eigenvalue weighted by atomic mass is 10.0. The highest BCUT2D eigenvalue weighted by Gasteiger charge is 2.20. The van der Waals surface area contributed by atoms with Crippen molar-refractivity contribution in [2.75, 3.05) is 13.2 Å². The normalized spacial score (nSPS) is 12.7. The van der Waals surface area contributed by atoms with Crippen molar-refractivity contribution in [3.8, 4) is 0 Å². The van der Waals surface area contributed by atoms with Crippen molar-refractivity contribution in [1.82, 2.24) is 5.32 Å². The lowest BCUT2D eigenvalue weighted by Gasteiger charge is -2.22. The number of aliphatic hydroxyl groups is 2. The maximum absolute atomic E-state index is 12.4. The number of carbonyl (C=O) groups excluding carboxylic acids is 2. The molecule has 6 nitrogen and oxygen atoms in total. The van der Waals surface area contributed by atoms with Gasteiger partial charge in [-0.15, -0.1) is 0 Å². The molecule has 0 radical (unpaired) electrons. The van der Waals surface area contributed by atoms with Crippen LogP contribution in [0.1, 0.15) is 284 Å². The highest BCUT2D eigenvalue weighted by Crippen LogP contribution is 2.16. The number of hydrogen-bond donors (Lipinski definition) is 3. The first-order valence-electron chi connectivity index (χ1n) is 25.9. The second kappa shape index (κ2) is 48.3. The Morgan fingerprint density at radius 1 is 0.466 bits per heavy atom. The van der Waals surface area contributed by atoms with E-state index in [0.717, 1.165) is 51.4 Å². The summed E-state index contributed by atoms with van der Waals surface area (Å²) in [5.41, 5.74) is 0. The minimum absolute atomic E-state index is 0.000332. The number of amides is 1. The molecular weight excluding hydrogens is 719 g/mol. The first kappa shape index (κ1) is 56.6. The van der Waals surface area contributed by atoms with E-state index in [1.165, 1.54) is 199 Å². The van der Waals surface area contributed by atoms with Crippen LogP contribution in [0.4, 0.5) is 0 Å². The Morgan fingerprint density at radius 2 is 0.810 bits per heavy atom. The Labute approximate surface area is 361 Å². The molecule has 6 heteroatoms. The van der Waals surface area contributed by atoms with Gasteiger partial charge in [-0.25, -0.2) is 0 Å². The largest absolute Gasteiger partial charge is 0.466 e. The monoisotopic (exact) mass is 820 g/mol. The van der Waals surface area contributed by atoms with Gasteiger partial charge in [0.2, 0.25) is 5.91 Å². The van der Waals surface area contributed by atoms with Crippen LogP contribution in [-0.2, 0) is 14.3 Å². The van der Waals surface area contributed by atoms with Crippen LogP contribution in [0.5, 0.6) is 0 Å². The van der Waals surface area contributed by atoms with E-state index in [4.69, 9.17) is 4.74 Å². The Kier molecular flexibility index (Phi) is 47.1. The molecule has 2 atom stereocenters. The number of unbranched alkanes of at least 4 members (excludes halogenated alkanes) is 35. The maximum atomic E-state index is 12.4.